The molecular formula is C10H15ClF3N5O. The molecule has 114 valence electrons. The van der Waals surface area contributed by atoms with Gasteiger partial charge in [-0.3, -0.25) is 15.2 Å². The maximum atomic E-state index is 12.3. The van der Waals surface area contributed by atoms with E-state index in [-0.39, 0.29) is 36.1 Å². The summed E-state index contributed by atoms with van der Waals surface area (Å²) in [6.07, 6.45) is -2.18. The van der Waals surface area contributed by atoms with Crippen molar-refractivity contribution in [2.24, 2.45) is 17.6 Å². The van der Waals surface area contributed by atoms with Crippen molar-refractivity contribution < 1.29 is 18.0 Å². The lowest BCUT2D eigenvalue weighted by Crippen LogP contribution is -2.30. The number of aromatic nitrogens is 3. The van der Waals surface area contributed by atoms with E-state index in [1.807, 2.05) is 0 Å². The molecule has 2 rings (SSSR count). The first-order chi connectivity index (χ1) is 8.91. The van der Waals surface area contributed by atoms with Crippen molar-refractivity contribution in [1.82, 2.24) is 15.2 Å². The third-order valence-electron chi connectivity index (χ3n) is 3.29. The fourth-order valence-corrected chi connectivity index (χ4v) is 2.31. The van der Waals surface area contributed by atoms with E-state index < -0.39 is 12.0 Å². The zero-order valence-corrected chi connectivity index (χ0v) is 11.2. The van der Waals surface area contributed by atoms with E-state index in [2.05, 4.69) is 15.4 Å². The number of amides is 1. The molecule has 0 saturated heterocycles. The second kappa shape index (κ2) is 6.40. The van der Waals surface area contributed by atoms with Gasteiger partial charge in [0.15, 0.2) is 0 Å². The minimum Gasteiger partial charge on any atom is -0.330 e. The number of nitrogens with two attached hydrogens (primary N) is 1. The summed E-state index contributed by atoms with van der Waals surface area (Å²) in [7, 11) is 0. The molecule has 10 heteroatoms. The molecule has 1 amide bonds. The van der Waals surface area contributed by atoms with E-state index >= 15 is 0 Å². The molecule has 6 nitrogen and oxygen atoms in total. The average molecular weight is 314 g/mol. The van der Waals surface area contributed by atoms with Crippen LogP contribution in [0.3, 0.4) is 0 Å². The number of hydrogen-bond donors (Lipinski definition) is 3. The zero-order chi connectivity index (χ0) is 14.0. The summed E-state index contributed by atoms with van der Waals surface area (Å²) in [6.45, 7) is 0.389. The molecule has 0 aromatic carbocycles. The molecule has 1 fully saturated rings. The van der Waals surface area contributed by atoms with Crippen molar-refractivity contribution >= 4 is 24.3 Å². The summed E-state index contributed by atoms with van der Waals surface area (Å²) in [5.41, 5.74) is 5.55. The van der Waals surface area contributed by atoms with E-state index in [4.69, 9.17) is 5.73 Å². The Balaban J connectivity index is 0.00000200. The van der Waals surface area contributed by atoms with Crippen molar-refractivity contribution in [3.05, 3.63) is 5.82 Å². The Hall–Kier alpha value is -1.35. The number of carbonyl (C=O) groups excluding carboxylic acids is 1. The van der Waals surface area contributed by atoms with Crippen LogP contribution in [0.1, 0.15) is 25.1 Å². The molecule has 0 radical (unpaired) electrons. The van der Waals surface area contributed by atoms with E-state index in [0.717, 1.165) is 12.8 Å². The molecule has 20 heavy (non-hydrogen) atoms. The number of halogens is 4. The van der Waals surface area contributed by atoms with E-state index in [1.54, 1.807) is 5.10 Å². The highest BCUT2D eigenvalue weighted by Gasteiger charge is 2.36. The van der Waals surface area contributed by atoms with Crippen molar-refractivity contribution in [3.63, 3.8) is 0 Å². The molecule has 2 atom stereocenters. The number of hydrogen-bond acceptors (Lipinski definition) is 4. The molecule has 0 unspecified atom stereocenters. The lowest BCUT2D eigenvalue weighted by Gasteiger charge is -2.15. The lowest BCUT2D eigenvalue weighted by atomic mass is 9.95. The van der Waals surface area contributed by atoms with Gasteiger partial charge >= 0.3 is 6.18 Å². The Morgan fingerprint density at radius 1 is 1.45 bits per heavy atom. The van der Waals surface area contributed by atoms with Gasteiger partial charge in [0.2, 0.25) is 17.7 Å². The number of rotatable bonds is 3. The molecule has 0 spiro atoms. The van der Waals surface area contributed by atoms with Crippen LogP contribution in [-0.2, 0) is 11.0 Å². The smallest absolute Gasteiger partial charge is 0.330 e. The Bertz CT molecular complexity index is 464. The van der Waals surface area contributed by atoms with Gasteiger partial charge in [-0.25, -0.2) is 0 Å². The average Bonchev–Trinajstić information content (AvgIpc) is 2.95. The number of nitrogens with zero attached hydrogens (tertiary/aromatic N) is 2. The number of carbonyl (C=O) groups is 1. The first kappa shape index (κ1) is 16.7. The van der Waals surface area contributed by atoms with Gasteiger partial charge in [-0.15, -0.1) is 17.5 Å². The number of aromatic amines is 1. The van der Waals surface area contributed by atoms with Crippen LogP contribution in [0.25, 0.3) is 0 Å². The maximum Gasteiger partial charge on any atom is 0.451 e. The fraction of sp³-hybridized carbons (Fsp3) is 0.700. The predicted octanol–water partition coefficient (Wildman–Crippen LogP) is 1.56. The van der Waals surface area contributed by atoms with Crippen LogP contribution >= 0.6 is 12.4 Å². The quantitative estimate of drug-likeness (QED) is 0.789. The molecular weight excluding hydrogens is 299 g/mol. The lowest BCUT2D eigenvalue weighted by molar-refractivity contribution is -0.144. The normalized spacial score (nSPS) is 22.4. The van der Waals surface area contributed by atoms with Gasteiger partial charge in [0.25, 0.3) is 0 Å². The Morgan fingerprint density at radius 2 is 2.15 bits per heavy atom. The molecule has 1 aromatic rings. The van der Waals surface area contributed by atoms with Crippen LogP contribution in [0.2, 0.25) is 0 Å². The molecule has 1 aliphatic rings. The Kier molecular flexibility index (Phi) is 5.35. The second-order valence-corrected chi connectivity index (χ2v) is 4.53. The molecule has 1 heterocycles. The monoisotopic (exact) mass is 313 g/mol. The summed E-state index contributed by atoms with van der Waals surface area (Å²) in [5, 5.41) is 7.36. The summed E-state index contributed by atoms with van der Waals surface area (Å²) < 4.78 is 36.9. The molecule has 1 aliphatic carbocycles. The second-order valence-electron chi connectivity index (χ2n) is 4.53. The molecule has 0 aliphatic heterocycles. The zero-order valence-electron chi connectivity index (χ0n) is 10.4. The SMILES string of the molecule is Cl.NC[C@H]1CCC[C@H]1C(=O)Nc1n[nH]c(C(F)(F)F)n1. The van der Waals surface area contributed by atoms with E-state index in [9.17, 15) is 18.0 Å². The topological polar surface area (TPSA) is 96.7 Å². The first-order valence-electron chi connectivity index (χ1n) is 5.92. The summed E-state index contributed by atoms with van der Waals surface area (Å²) in [6, 6.07) is 0. The summed E-state index contributed by atoms with van der Waals surface area (Å²) in [4.78, 5) is 15.1. The van der Waals surface area contributed by atoms with E-state index in [1.165, 1.54) is 0 Å². The van der Waals surface area contributed by atoms with Gasteiger partial charge in [-0.1, -0.05) is 6.42 Å². The van der Waals surface area contributed by atoms with Crippen molar-refractivity contribution in [1.29, 1.82) is 0 Å². The largest absolute Gasteiger partial charge is 0.451 e. The highest BCUT2D eigenvalue weighted by Crippen LogP contribution is 2.32. The summed E-state index contributed by atoms with van der Waals surface area (Å²) in [5.74, 6) is -2.18. The van der Waals surface area contributed by atoms with Crippen LogP contribution in [0, 0.1) is 11.8 Å². The number of alkyl halides is 3. The van der Waals surface area contributed by atoms with Crippen LogP contribution in [0.5, 0.6) is 0 Å². The highest BCUT2D eigenvalue weighted by molar-refractivity contribution is 5.91. The van der Waals surface area contributed by atoms with Crippen LogP contribution in [-0.4, -0.2) is 27.6 Å². The number of H-pyrrole nitrogens is 1. The summed E-state index contributed by atoms with van der Waals surface area (Å²) >= 11 is 0. The van der Waals surface area contributed by atoms with Gasteiger partial charge in [0.05, 0.1) is 0 Å². The molecule has 1 aromatic heterocycles. The fourth-order valence-electron chi connectivity index (χ4n) is 2.31. The molecule has 0 bridgehead atoms. The maximum absolute atomic E-state index is 12.3. The van der Waals surface area contributed by atoms with Crippen LogP contribution < -0.4 is 11.1 Å². The van der Waals surface area contributed by atoms with Gasteiger partial charge in [-0.2, -0.15) is 18.2 Å². The van der Waals surface area contributed by atoms with Gasteiger partial charge < -0.3 is 5.73 Å². The highest BCUT2D eigenvalue weighted by atomic mass is 35.5. The van der Waals surface area contributed by atoms with Crippen molar-refractivity contribution in [2.75, 3.05) is 11.9 Å². The predicted molar refractivity (Wildman–Crippen MR) is 67.1 cm³/mol. The minimum atomic E-state index is -4.61. The van der Waals surface area contributed by atoms with Crippen molar-refractivity contribution in [2.45, 2.75) is 25.4 Å². The third kappa shape index (κ3) is 3.60. The first-order valence-corrected chi connectivity index (χ1v) is 5.92. The van der Waals surface area contributed by atoms with Crippen LogP contribution in [0.15, 0.2) is 0 Å². The van der Waals surface area contributed by atoms with Gasteiger partial charge in [-0.05, 0) is 25.3 Å². The van der Waals surface area contributed by atoms with Crippen LogP contribution in [0.4, 0.5) is 19.1 Å². The van der Waals surface area contributed by atoms with Gasteiger partial charge in [0, 0.05) is 5.92 Å². The Labute approximate surface area is 119 Å². The minimum absolute atomic E-state index is 0. The van der Waals surface area contributed by atoms with E-state index in [0.29, 0.717) is 13.0 Å². The Morgan fingerprint density at radius 3 is 2.70 bits per heavy atom. The molecule has 4 N–H and O–H groups in total. The van der Waals surface area contributed by atoms with Gasteiger partial charge in [0.1, 0.15) is 0 Å². The molecule has 1 saturated carbocycles. The third-order valence-corrected chi connectivity index (χ3v) is 3.29. The number of anilines is 1. The standard InChI is InChI=1S/C10H14F3N5O.ClH/c11-10(12,13)8-16-9(18-17-8)15-7(19)6-3-1-2-5(6)4-14;/h5-6H,1-4,14H2,(H2,15,16,17,18,19);1H/t5-,6-;/m1./s1. The van der Waals surface area contributed by atoms with Crippen molar-refractivity contribution in [3.8, 4) is 0 Å². The number of nitrogens with one attached hydrogen (secondary N) is 2.